The van der Waals surface area contributed by atoms with Crippen LogP contribution in [0.5, 0.6) is 0 Å². The Labute approximate surface area is 369 Å². The molecule has 8 rings (SSSR count). The molecule has 5 atom stereocenters. The van der Waals surface area contributed by atoms with Gasteiger partial charge in [0, 0.05) is 35.0 Å². The highest BCUT2D eigenvalue weighted by molar-refractivity contribution is 7.27. The number of fused-ring (bicyclic) bond motifs is 1. The molecule has 3 amide bonds. The quantitative estimate of drug-likeness (QED) is 0.0758. The summed E-state index contributed by atoms with van der Waals surface area (Å²) in [6.07, 6.45) is 5.03. The minimum atomic E-state index is -0.886. The number of alkyl carbamates (subject to hydrolysis) is 2. The van der Waals surface area contributed by atoms with E-state index in [0.717, 1.165) is 71.0 Å². The number of hydrogen-bond acceptors (Lipinski definition) is 11. The number of nitrogens with one attached hydrogen (secondary N) is 4. The second-order valence-corrected chi connectivity index (χ2v) is 18.5. The van der Waals surface area contributed by atoms with Crippen molar-refractivity contribution < 1.29 is 29.0 Å². The average molecular weight is 879 g/mol. The number of ether oxygens (including phenoxy) is 2. The molecule has 14 nitrogen and oxygen atoms in total. The van der Waals surface area contributed by atoms with Crippen LogP contribution in [-0.2, 0) is 14.3 Å². The monoisotopic (exact) mass is 878 g/mol. The number of aliphatic hydroxyl groups is 1. The van der Waals surface area contributed by atoms with Gasteiger partial charge in [0.15, 0.2) is 0 Å². The van der Waals surface area contributed by atoms with Gasteiger partial charge in [0.25, 0.3) is 0 Å². The van der Waals surface area contributed by atoms with Crippen LogP contribution in [-0.4, -0.2) is 98.6 Å². The fourth-order valence-corrected chi connectivity index (χ4v) is 11.2. The van der Waals surface area contributed by atoms with Gasteiger partial charge in [0.2, 0.25) is 5.91 Å². The molecule has 0 radical (unpaired) electrons. The average Bonchev–Trinajstić information content (AvgIpc) is 4.14. The summed E-state index contributed by atoms with van der Waals surface area (Å²) < 4.78 is 12.1. The third-order valence-electron chi connectivity index (χ3n) is 12.2. The van der Waals surface area contributed by atoms with Crippen LogP contribution < -0.4 is 10.6 Å². The topological polar surface area (TPSA) is 178 Å². The lowest BCUT2D eigenvalue weighted by molar-refractivity contribution is -0.135. The van der Waals surface area contributed by atoms with Crippen LogP contribution in [0.25, 0.3) is 54.2 Å². The number of methoxy groups -OCH3 is 2. The fraction of sp³-hybridized carbons (Fsp3) is 0.413. The molecule has 0 aliphatic carbocycles. The van der Waals surface area contributed by atoms with Crippen LogP contribution in [0.1, 0.15) is 77.1 Å². The first kappa shape index (κ1) is 43.1. The highest BCUT2D eigenvalue weighted by Crippen LogP contribution is 2.45. The van der Waals surface area contributed by atoms with Crippen LogP contribution in [0.15, 0.2) is 71.7 Å². The van der Waals surface area contributed by atoms with Gasteiger partial charge in [-0.25, -0.2) is 19.6 Å². The number of nitrogens with zero attached hydrogens (tertiary/aromatic N) is 4. The van der Waals surface area contributed by atoms with E-state index in [4.69, 9.17) is 19.4 Å². The first-order valence-electron chi connectivity index (χ1n) is 21.2. The third-order valence-corrected chi connectivity index (χ3v) is 14.3. The normalized spacial score (nSPS) is 18.4. The molecule has 2 aliphatic rings. The van der Waals surface area contributed by atoms with Crippen molar-refractivity contribution in [3.63, 3.8) is 0 Å². The summed E-state index contributed by atoms with van der Waals surface area (Å²) in [5.74, 6) is 1.30. The van der Waals surface area contributed by atoms with E-state index in [1.165, 1.54) is 34.7 Å². The van der Waals surface area contributed by atoms with E-state index in [2.05, 4.69) is 79.9 Å². The van der Waals surface area contributed by atoms with Gasteiger partial charge in [-0.05, 0) is 59.8 Å². The van der Waals surface area contributed by atoms with Crippen molar-refractivity contribution in [1.82, 2.24) is 40.4 Å². The molecule has 5 unspecified atom stereocenters. The van der Waals surface area contributed by atoms with Gasteiger partial charge < -0.3 is 40.1 Å². The predicted molar refractivity (Wildman–Crippen MR) is 242 cm³/mol. The molecule has 4 aromatic heterocycles. The highest BCUT2D eigenvalue weighted by atomic mass is 32.1. The highest BCUT2D eigenvalue weighted by Gasteiger charge is 2.39. The maximum Gasteiger partial charge on any atom is 0.407 e. The predicted octanol–water partition coefficient (Wildman–Crippen LogP) is 8.96. The SMILES string of the molecule is COC(=O)NC(C(=O)N1CCCC1c1ncc(-c2ccc(-c3csc4c(-c5ccc(-c6cnc(C7CCCN7C(O)C(NC(=O)OC)C(C)C)[nH]6)cc5)csc34)cc2)[nH]1)C(C)C. The Bertz CT molecular complexity index is 2510. The van der Waals surface area contributed by atoms with Crippen LogP contribution >= 0.6 is 22.7 Å². The number of H-pyrrole nitrogens is 2. The number of aromatic nitrogens is 4. The third kappa shape index (κ3) is 8.61. The van der Waals surface area contributed by atoms with Crippen molar-refractivity contribution in [2.75, 3.05) is 27.3 Å². The molecule has 2 fully saturated rings. The number of imidazole rings is 2. The zero-order valence-electron chi connectivity index (χ0n) is 35.8. The molecule has 6 aromatic rings. The molecule has 326 valence electrons. The Balaban J connectivity index is 0.936. The van der Waals surface area contributed by atoms with Gasteiger partial charge in [-0.3, -0.25) is 9.69 Å². The minimum absolute atomic E-state index is 0.00305. The molecule has 0 spiro atoms. The number of benzene rings is 2. The van der Waals surface area contributed by atoms with E-state index in [9.17, 15) is 19.5 Å². The molecule has 2 saturated heterocycles. The summed E-state index contributed by atoms with van der Waals surface area (Å²) in [6, 6.07) is 15.6. The second-order valence-electron chi connectivity index (χ2n) is 16.7. The zero-order chi connectivity index (χ0) is 43.7. The summed E-state index contributed by atoms with van der Waals surface area (Å²) in [6.45, 7) is 9.06. The molecule has 62 heavy (non-hydrogen) atoms. The number of carbonyl (C=O) groups is 3. The van der Waals surface area contributed by atoms with Crippen LogP contribution in [0.2, 0.25) is 0 Å². The van der Waals surface area contributed by atoms with Crippen molar-refractivity contribution >= 4 is 50.2 Å². The number of amides is 3. The number of thiophene rings is 2. The van der Waals surface area contributed by atoms with Crippen molar-refractivity contribution in [2.45, 2.75) is 83.8 Å². The number of carbonyl (C=O) groups excluding carboxylic acids is 3. The van der Waals surface area contributed by atoms with Crippen molar-refractivity contribution in [3.8, 4) is 44.8 Å². The molecule has 6 heterocycles. The Kier molecular flexibility index (Phi) is 12.8. The van der Waals surface area contributed by atoms with Crippen molar-refractivity contribution in [2.24, 2.45) is 11.8 Å². The van der Waals surface area contributed by atoms with E-state index in [-0.39, 0.29) is 29.8 Å². The fourth-order valence-electron chi connectivity index (χ4n) is 8.76. The van der Waals surface area contributed by atoms with E-state index in [1.54, 1.807) is 22.7 Å². The lowest BCUT2D eigenvalue weighted by Gasteiger charge is -2.35. The molecular formula is C46H54N8O6S2. The van der Waals surface area contributed by atoms with Gasteiger partial charge >= 0.3 is 12.2 Å². The maximum absolute atomic E-state index is 13.6. The van der Waals surface area contributed by atoms with Crippen LogP contribution in [0.4, 0.5) is 9.59 Å². The Morgan fingerprint density at radius 1 is 0.710 bits per heavy atom. The van der Waals surface area contributed by atoms with Gasteiger partial charge in [-0.15, -0.1) is 22.7 Å². The summed E-state index contributed by atoms with van der Waals surface area (Å²) in [4.78, 5) is 57.9. The van der Waals surface area contributed by atoms with Gasteiger partial charge in [-0.1, -0.05) is 76.2 Å². The smallest absolute Gasteiger partial charge is 0.407 e. The number of likely N-dealkylation sites (tertiary alicyclic amines) is 2. The van der Waals surface area contributed by atoms with E-state index < -0.39 is 30.5 Å². The molecule has 0 bridgehead atoms. The summed E-state index contributed by atoms with van der Waals surface area (Å²) in [5, 5.41) is 21.4. The number of aromatic amines is 2. The molecule has 2 aromatic carbocycles. The molecule has 2 aliphatic heterocycles. The van der Waals surface area contributed by atoms with Crippen molar-refractivity contribution in [1.29, 1.82) is 0 Å². The van der Waals surface area contributed by atoms with E-state index in [0.29, 0.717) is 13.1 Å². The minimum Gasteiger partial charge on any atom is -0.453 e. The second kappa shape index (κ2) is 18.4. The molecular weight excluding hydrogens is 825 g/mol. The lowest BCUT2D eigenvalue weighted by atomic mass is 10.0. The van der Waals surface area contributed by atoms with E-state index in [1.807, 2.05) is 49.9 Å². The number of hydrogen-bond donors (Lipinski definition) is 5. The molecule has 16 heteroatoms. The Morgan fingerprint density at radius 2 is 1.19 bits per heavy atom. The summed E-state index contributed by atoms with van der Waals surface area (Å²) in [5.41, 5.74) is 8.50. The van der Waals surface area contributed by atoms with Gasteiger partial charge in [0.05, 0.1) is 65.5 Å². The van der Waals surface area contributed by atoms with Crippen molar-refractivity contribution in [3.05, 3.63) is 83.3 Å². The largest absolute Gasteiger partial charge is 0.453 e. The Morgan fingerprint density at radius 3 is 1.71 bits per heavy atom. The molecule has 5 N–H and O–H groups in total. The molecule has 0 saturated carbocycles. The van der Waals surface area contributed by atoms with E-state index >= 15 is 0 Å². The first-order valence-corrected chi connectivity index (χ1v) is 22.9. The summed E-state index contributed by atoms with van der Waals surface area (Å²) >= 11 is 3.51. The van der Waals surface area contributed by atoms with Gasteiger partial charge in [-0.2, -0.15) is 0 Å². The standard InChI is InChI=1S/C46H54N8O6S2/c1-25(2)37(51-45(57)59-5)43(55)53-19-7-9-35(53)41-47-21-33(49-41)29-15-11-27(12-16-29)31-23-61-40-32(24-62-39(31)40)28-13-17-30(18-14-28)34-22-48-42(50-34)36-10-8-20-54(36)44(56)38(26(3)4)52-46(58)60-6/h11-18,21-26,35-38,43,55H,7-10,19-20H2,1-6H3,(H,47,49)(H,48,50)(H,51,57)(H,52,58). The Hall–Kier alpha value is -5.55. The maximum atomic E-state index is 13.6. The van der Waals surface area contributed by atoms with Crippen LogP contribution in [0.3, 0.4) is 0 Å². The zero-order valence-corrected chi connectivity index (χ0v) is 37.4. The lowest BCUT2D eigenvalue weighted by Crippen LogP contribution is -2.54. The van der Waals surface area contributed by atoms with Gasteiger partial charge in [0.1, 0.15) is 23.9 Å². The number of rotatable bonds is 13. The number of aliphatic hydroxyl groups excluding tert-OH is 1. The first-order chi connectivity index (χ1) is 29.9. The summed E-state index contributed by atoms with van der Waals surface area (Å²) in [7, 11) is 2.62. The van der Waals surface area contributed by atoms with Crippen LogP contribution in [0, 0.1) is 11.8 Å².